The molecule has 1 saturated heterocycles. The molecule has 5 nitrogen and oxygen atoms in total. The smallest absolute Gasteiger partial charge is 0.134 e. The number of anilines is 1. The molecule has 6 heteroatoms. The van der Waals surface area contributed by atoms with E-state index in [0.717, 1.165) is 37.4 Å². The van der Waals surface area contributed by atoms with Crippen molar-refractivity contribution < 1.29 is 9.13 Å². The molecule has 1 aromatic carbocycles. The van der Waals surface area contributed by atoms with Crippen LogP contribution in [0.25, 0.3) is 5.57 Å². The summed E-state index contributed by atoms with van der Waals surface area (Å²) in [6, 6.07) is 9.80. The average Bonchev–Trinajstić information content (AvgIpc) is 3.23. The molecule has 1 N–H and O–H groups in total. The lowest BCUT2D eigenvalue weighted by atomic mass is 9.99. The summed E-state index contributed by atoms with van der Waals surface area (Å²) in [6.07, 6.45) is 4.52. The molecule has 0 saturated carbocycles. The minimum Gasteiger partial charge on any atom is -0.496 e. The van der Waals surface area contributed by atoms with Gasteiger partial charge in [0.1, 0.15) is 11.6 Å². The van der Waals surface area contributed by atoms with E-state index >= 15 is 0 Å². The van der Waals surface area contributed by atoms with Gasteiger partial charge in [0.2, 0.25) is 0 Å². The van der Waals surface area contributed by atoms with Crippen molar-refractivity contribution in [2.45, 2.75) is 32.4 Å². The van der Waals surface area contributed by atoms with Crippen molar-refractivity contribution in [3.63, 3.8) is 0 Å². The summed E-state index contributed by atoms with van der Waals surface area (Å²) in [5, 5.41) is 3.35. The van der Waals surface area contributed by atoms with Crippen LogP contribution >= 0.6 is 0 Å². The molecule has 1 unspecified atom stereocenters. The molecule has 4 rings (SSSR count). The Morgan fingerprint density at radius 2 is 1.93 bits per heavy atom. The van der Waals surface area contributed by atoms with Crippen LogP contribution in [0.15, 0.2) is 42.7 Å². The van der Waals surface area contributed by atoms with Gasteiger partial charge in [-0.15, -0.1) is 0 Å². The number of methoxy groups -OCH3 is 1. The molecular weight excluding hydrogens is 367 g/mol. The lowest BCUT2D eigenvalue weighted by Gasteiger charge is -2.38. The standard InChI is InChI=1S/C23H29FN4O/c1-16(2)27-9-11-28(12-10-27)18-7-8-20(26-15-18)21-13-17(14-25-21)23-19(24)5-4-6-22(23)29-3/h4-8,14-16,21,25H,9-13H2,1-3H3. The molecule has 2 aliphatic heterocycles. The number of piperazine rings is 1. The van der Waals surface area contributed by atoms with Gasteiger partial charge in [0.25, 0.3) is 0 Å². The Morgan fingerprint density at radius 3 is 2.59 bits per heavy atom. The largest absolute Gasteiger partial charge is 0.496 e. The molecule has 154 valence electrons. The Labute approximate surface area is 172 Å². The zero-order chi connectivity index (χ0) is 20.4. The molecule has 0 radical (unpaired) electrons. The Balaban J connectivity index is 1.42. The highest BCUT2D eigenvalue weighted by Gasteiger charge is 2.25. The van der Waals surface area contributed by atoms with Crippen LogP contribution in [-0.4, -0.2) is 49.2 Å². The highest BCUT2D eigenvalue weighted by molar-refractivity contribution is 5.73. The van der Waals surface area contributed by atoms with E-state index in [1.54, 1.807) is 19.2 Å². The Morgan fingerprint density at radius 1 is 1.14 bits per heavy atom. The zero-order valence-corrected chi connectivity index (χ0v) is 17.4. The molecule has 1 aromatic heterocycles. The fourth-order valence-corrected chi connectivity index (χ4v) is 4.18. The van der Waals surface area contributed by atoms with Crippen LogP contribution in [0, 0.1) is 5.82 Å². The third kappa shape index (κ3) is 4.08. The molecule has 29 heavy (non-hydrogen) atoms. The van der Waals surface area contributed by atoms with Crippen molar-refractivity contribution in [3.8, 4) is 5.75 Å². The van der Waals surface area contributed by atoms with Gasteiger partial charge in [-0.1, -0.05) is 6.07 Å². The van der Waals surface area contributed by atoms with Crippen molar-refractivity contribution in [3.05, 3.63) is 59.8 Å². The summed E-state index contributed by atoms with van der Waals surface area (Å²) in [5.74, 6) is 0.296. The molecule has 0 spiro atoms. The maximum Gasteiger partial charge on any atom is 0.134 e. The molecule has 1 fully saturated rings. The van der Waals surface area contributed by atoms with Gasteiger partial charge < -0.3 is 15.0 Å². The van der Waals surface area contributed by atoms with Gasteiger partial charge >= 0.3 is 0 Å². The normalized spacial score (nSPS) is 20.0. The van der Waals surface area contributed by atoms with E-state index < -0.39 is 0 Å². The van der Waals surface area contributed by atoms with Crippen molar-refractivity contribution in [2.75, 3.05) is 38.2 Å². The fraction of sp³-hybridized carbons (Fsp3) is 0.435. The van der Waals surface area contributed by atoms with E-state index in [9.17, 15) is 4.39 Å². The molecule has 0 aliphatic carbocycles. The Bertz CT molecular complexity index is 873. The van der Waals surface area contributed by atoms with Crippen molar-refractivity contribution in [2.24, 2.45) is 0 Å². The first kappa shape index (κ1) is 19.7. The molecule has 3 heterocycles. The zero-order valence-electron chi connectivity index (χ0n) is 17.4. The van der Waals surface area contributed by atoms with E-state index in [2.05, 4.69) is 41.1 Å². The summed E-state index contributed by atoms with van der Waals surface area (Å²) >= 11 is 0. The van der Waals surface area contributed by atoms with E-state index in [0.29, 0.717) is 23.8 Å². The molecular formula is C23H29FN4O. The SMILES string of the molecule is COc1cccc(F)c1C1=CNC(c2ccc(N3CCN(C(C)C)CC3)cn2)C1. The van der Waals surface area contributed by atoms with Crippen LogP contribution in [0.2, 0.25) is 0 Å². The molecule has 2 aromatic rings. The first-order valence-corrected chi connectivity index (χ1v) is 10.3. The van der Waals surface area contributed by atoms with Gasteiger partial charge in [0, 0.05) is 44.8 Å². The highest BCUT2D eigenvalue weighted by atomic mass is 19.1. The Kier molecular flexibility index (Phi) is 5.72. The van der Waals surface area contributed by atoms with Crippen molar-refractivity contribution in [1.82, 2.24) is 15.2 Å². The quantitative estimate of drug-likeness (QED) is 0.832. The van der Waals surface area contributed by atoms with Crippen LogP contribution in [0.3, 0.4) is 0 Å². The molecule has 0 bridgehead atoms. The van der Waals surface area contributed by atoms with Gasteiger partial charge in [-0.3, -0.25) is 9.88 Å². The summed E-state index contributed by atoms with van der Waals surface area (Å²) < 4.78 is 19.7. The predicted octanol–water partition coefficient (Wildman–Crippen LogP) is 3.84. The number of pyridine rings is 1. The number of aromatic nitrogens is 1. The number of hydrogen-bond acceptors (Lipinski definition) is 5. The molecule has 1 atom stereocenters. The van der Waals surface area contributed by atoms with E-state index in [1.807, 2.05) is 12.4 Å². The maximum absolute atomic E-state index is 14.4. The first-order chi connectivity index (χ1) is 14.1. The van der Waals surface area contributed by atoms with Gasteiger partial charge in [-0.25, -0.2) is 4.39 Å². The summed E-state index contributed by atoms with van der Waals surface area (Å²) in [5.41, 5.74) is 3.57. The Hall–Kier alpha value is -2.60. The van der Waals surface area contributed by atoms with E-state index in [-0.39, 0.29) is 11.9 Å². The maximum atomic E-state index is 14.4. The monoisotopic (exact) mass is 396 g/mol. The lowest BCUT2D eigenvalue weighted by molar-refractivity contribution is 0.209. The number of nitrogens with one attached hydrogen (secondary N) is 1. The van der Waals surface area contributed by atoms with Crippen LogP contribution in [-0.2, 0) is 0 Å². The van der Waals surface area contributed by atoms with Crippen LogP contribution in [0.1, 0.15) is 37.6 Å². The summed E-state index contributed by atoms with van der Waals surface area (Å²) in [6.45, 7) is 8.72. The van der Waals surface area contributed by atoms with Gasteiger partial charge in [-0.2, -0.15) is 0 Å². The number of halogens is 1. The number of benzene rings is 1. The van der Waals surface area contributed by atoms with Gasteiger partial charge in [-0.05, 0) is 43.7 Å². The minimum absolute atomic E-state index is 0.0427. The lowest BCUT2D eigenvalue weighted by Crippen LogP contribution is -2.48. The van der Waals surface area contributed by atoms with Crippen LogP contribution < -0.4 is 15.0 Å². The van der Waals surface area contributed by atoms with Crippen molar-refractivity contribution in [1.29, 1.82) is 0 Å². The van der Waals surface area contributed by atoms with Gasteiger partial charge in [0.15, 0.2) is 0 Å². The second-order valence-electron chi connectivity index (χ2n) is 7.97. The third-order valence-corrected chi connectivity index (χ3v) is 5.94. The van der Waals surface area contributed by atoms with Crippen LogP contribution in [0.4, 0.5) is 10.1 Å². The number of rotatable bonds is 5. The van der Waals surface area contributed by atoms with Crippen molar-refractivity contribution >= 4 is 11.3 Å². The molecule has 0 amide bonds. The summed E-state index contributed by atoms with van der Waals surface area (Å²) in [7, 11) is 1.57. The van der Waals surface area contributed by atoms with E-state index in [1.165, 1.54) is 11.8 Å². The topological polar surface area (TPSA) is 40.6 Å². The number of nitrogens with zero attached hydrogens (tertiary/aromatic N) is 3. The minimum atomic E-state index is -0.262. The van der Waals surface area contributed by atoms with Gasteiger partial charge in [0.05, 0.1) is 36.3 Å². The predicted molar refractivity (Wildman–Crippen MR) is 115 cm³/mol. The second kappa shape index (κ2) is 8.41. The average molecular weight is 397 g/mol. The summed E-state index contributed by atoms with van der Waals surface area (Å²) in [4.78, 5) is 9.61. The number of hydrogen-bond donors (Lipinski definition) is 1. The first-order valence-electron chi connectivity index (χ1n) is 10.3. The highest BCUT2D eigenvalue weighted by Crippen LogP contribution is 2.37. The number of ether oxygens (including phenoxy) is 1. The third-order valence-electron chi connectivity index (χ3n) is 5.94. The second-order valence-corrected chi connectivity index (χ2v) is 7.97. The van der Waals surface area contributed by atoms with E-state index in [4.69, 9.17) is 9.72 Å². The fourth-order valence-electron chi connectivity index (χ4n) is 4.18. The van der Waals surface area contributed by atoms with Crippen LogP contribution in [0.5, 0.6) is 5.75 Å². The molecule has 2 aliphatic rings.